The number of halogens is 1. The van der Waals surface area contributed by atoms with Crippen LogP contribution in [0.5, 0.6) is 0 Å². The van der Waals surface area contributed by atoms with Crippen LogP contribution in [0.25, 0.3) is 0 Å². The van der Waals surface area contributed by atoms with Crippen LogP contribution in [0.3, 0.4) is 0 Å². The summed E-state index contributed by atoms with van der Waals surface area (Å²) < 4.78 is 13.4. The molecule has 0 aliphatic carbocycles. The molecule has 1 aromatic carbocycles. The molecule has 0 bridgehead atoms. The van der Waals surface area contributed by atoms with Crippen molar-refractivity contribution in [3.8, 4) is 0 Å². The van der Waals surface area contributed by atoms with Gasteiger partial charge in [0.1, 0.15) is 5.82 Å². The van der Waals surface area contributed by atoms with E-state index in [2.05, 4.69) is 25.7 Å². The third-order valence-electron chi connectivity index (χ3n) is 2.57. The summed E-state index contributed by atoms with van der Waals surface area (Å²) in [5.41, 5.74) is 0.772. The Morgan fingerprint density at radius 3 is 2.62 bits per heavy atom. The van der Waals surface area contributed by atoms with E-state index in [9.17, 15) is 4.39 Å². The molecule has 0 radical (unpaired) electrons. The molecule has 0 aliphatic rings. The maximum absolute atomic E-state index is 13.4. The lowest BCUT2D eigenvalue weighted by molar-refractivity contribution is 0.460. The highest BCUT2D eigenvalue weighted by Gasteiger charge is 2.09. The zero-order chi connectivity index (χ0) is 12.0. The maximum Gasteiger partial charge on any atom is 0.126 e. The highest BCUT2D eigenvalue weighted by atomic mass is 19.1. The second-order valence-electron chi connectivity index (χ2n) is 4.29. The van der Waals surface area contributed by atoms with E-state index in [4.69, 9.17) is 0 Å². The molecule has 0 heterocycles. The molecule has 0 spiro atoms. The number of rotatable bonds is 6. The first-order chi connectivity index (χ1) is 7.63. The molecule has 2 unspecified atom stereocenters. The predicted octanol–water partition coefficient (Wildman–Crippen LogP) is 3.31. The quantitative estimate of drug-likeness (QED) is 0.727. The van der Waals surface area contributed by atoms with Gasteiger partial charge in [0.25, 0.3) is 0 Å². The van der Waals surface area contributed by atoms with Crippen LogP contribution in [0.15, 0.2) is 36.9 Å². The average molecular weight is 221 g/mol. The minimum atomic E-state index is -0.118. The number of hydrogen-bond donors (Lipinski definition) is 1. The Labute approximate surface area is 97.4 Å². The Bertz CT molecular complexity index is 335. The van der Waals surface area contributed by atoms with E-state index in [1.807, 2.05) is 18.2 Å². The SMILES string of the molecule is C=CCC(C)NC(C)Cc1ccccc1F. The van der Waals surface area contributed by atoms with Crippen molar-refractivity contribution in [1.82, 2.24) is 5.32 Å². The van der Waals surface area contributed by atoms with Crippen molar-refractivity contribution in [3.05, 3.63) is 48.3 Å². The molecule has 0 saturated carbocycles. The molecule has 0 aromatic heterocycles. The van der Waals surface area contributed by atoms with E-state index in [0.29, 0.717) is 12.5 Å². The lowest BCUT2D eigenvalue weighted by atomic mass is 10.1. The second kappa shape index (κ2) is 6.44. The van der Waals surface area contributed by atoms with Gasteiger partial charge in [-0.3, -0.25) is 0 Å². The lowest BCUT2D eigenvalue weighted by Gasteiger charge is -2.19. The van der Waals surface area contributed by atoms with Crippen molar-refractivity contribution >= 4 is 0 Å². The fourth-order valence-corrected chi connectivity index (χ4v) is 1.86. The summed E-state index contributed by atoms with van der Waals surface area (Å²) in [6.45, 7) is 7.89. The van der Waals surface area contributed by atoms with Gasteiger partial charge >= 0.3 is 0 Å². The minimum Gasteiger partial charge on any atom is -0.311 e. The van der Waals surface area contributed by atoms with E-state index in [1.165, 1.54) is 6.07 Å². The van der Waals surface area contributed by atoms with Crippen LogP contribution < -0.4 is 5.32 Å². The first-order valence-electron chi connectivity index (χ1n) is 5.73. The fourth-order valence-electron chi connectivity index (χ4n) is 1.86. The smallest absolute Gasteiger partial charge is 0.126 e. The predicted molar refractivity (Wildman–Crippen MR) is 67.0 cm³/mol. The zero-order valence-corrected chi connectivity index (χ0v) is 10.0. The van der Waals surface area contributed by atoms with Crippen LogP contribution in [0.2, 0.25) is 0 Å². The summed E-state index contributed by atoms with van der Waals surface area (Å²) in [6, 6.07) is 7.60. The molecule has 1 nitrogen and oxygen atoms in total. The van der Waals surface area contributed by atoms with Crippen LogP contribution in [-0.2, 0) is 6.42 Å². The highest BCUT2D eigenvalue weighted by Crippen LogP contribution is 2.09. The molecule has 88 valence electrons. The molecule has 0 amide bonds. The molecule has 2 heteroatoms. The molecule has 1 N–H and O–H groups in total. The number of hydrogen-bond acceptors (Lipinski definition) is 1. The summed E-state index contributed by atoms with van der Waals surface area (Å²) in [6.07, 6.45) is 3.54. The van der Waals surface area contributed by atoms with Crippen molar-refractivity contribution in [1.29, 1.82) is 0 Å². The largest absolute Gasteiger partial charge is 0.311 e. The normalized spacial score (nSPS) is 14.4. The third kappa shape index (κ3) is 4.15. The van der Waals surface area contributed by atoms with Crippen molar-refractivity contribution in [3.63, 3.8) is 0 Å². The molecule has 16 heavy (non-hydrogen) atoms. The third-order valence-corrected chi connectivity index (χ3v) is 2.57. The van der Waals surface area contributed by atoms with Crippen molar-refractivity contribution in [2.24, 2.45) is 0 Å². The second-order valence-corrected chi connectivity index (χ2v) is 4.29. The molecule has 1 rings (SSSR count). The topological polar surface area (TPSA) is 12.0 Å². The van der Waals surface area contributed by atoms with Gasteiger partial charge in [0.05, 0.1) is 0 Å². The van der Waals surface area contributed by atoms with E-state index < -0.39 is 0 Å². The molecule has 2 atom stereocenters. The van der Waals surface area contributed by atoms with Crippen LogP contribution in [0, 0.1) is 5.82 Å². The van der Waals surface area contributed by atoms with Crippen LogP contribution in [0.1, 0.15) is 25.8 Å². The molecule has 0 aliphatic heterocycles. The minimum absolute atomic E-state index is 0.118. The van der Waals surface area contributed by atoms with Gasteiger partial charge in [0, 0.05) is 12.1 Å². The van der Waals surface area contributed by atoms with Crippen LogP contribution in [0.4, 0.5) is 4.39 Å². The van der Waals surface area contributed by atoms with E-state index in [0.717, 1.165) is 12.0 Å². The van der Waals surface area contributed by atoms with Gasteiger partial charge < -0.3 is 5.32 Å². The number of nitrogens with one attached hydrogen (secondary N) is 1. The van der Waals surface area contributed by atoms with Gasteiger partial charge in [0.15, 0.2) is 0 Å². The Hall–Kier alpha value is -1.15. The van der Waals surface area contributed by atoms with Crippen molar-refractivity contribution in [2.45, 2.75) is 38.8 Å². The summed E-state index contributed by atoms with van der Waals surface area (Å²) in [5.74, 6) is -0.118. The molecule has 1 aromatic rings. The van der Waals surface area contributed by atoms with Gasteiger partial charge in [-0.2, -0.15) is 0 Å². The summed E-state index contributed by atoms with van der Waals surface area (Å²) in [4.78, 5) is 0. The molecule has 0 saturated heterocycles. The van der Waals surface area contributed by atoms with Gasteiger partial charge in [-0.15, -0.1) is 6.58 Å². The van der Waals surface area contributed by atoms with Crippen molar-refractivity contribution in [2.75, 3.05) is 0 Å². The van der Waals surface area contributed by atoms with Gasteiger partial charge in [-0.05, 0) is 38.3 Å². The monoisotopic (exact) mass is 221 g/mol. The Morgan fingerprint density at radius 2 is 2.00 bits per heavy atom. The first kappa shape index (κ1) is 12.9. The maximum atomic E-state index is 13.4. The summed E-state index contributed by atoms with van der Waals surface area (Å²) >= 11 is 0. The van der Waals surface area contributed by atoms with E-state index >= 15 is 0 Å². The van der Waals surface area contributed by atoms with E-state index in [1.54, 1.807) is 6.07 Å². The first-order valence-corrected chi connectivity index (χ1v) is 5.73. The lowest BCUT2D eigenvalue weighted by Crippen LogP contribution is -2.35. The van der Waals surface area contributed by atoms with Gasteiger partial charge in [0.2, 0.25) is 0 Å². The summed E-state index contributed by atoms with van der Waals surface area (Å²) in [5, 5.41) is 3.42. The fraction of sp³-hybridized carbons (Fsp3) is 0.429. The van der Waals surface area contributed by atoms with Gasteiger partial charge in [-0.1, -0.05) is 24.3 Å². The number of benzene rings is 1. The van der Waals surface area contributed by atoms with Crippen LogP contribution in [-0.4, -0.2) is 12.1 Å². The average Bonchev–Trinajstić information content (AvgIpc) is 2.21. The van der Waals surface area contributed by atoms with Crippen molar-refractivity contribution < 1.29 is 4.39 Å². The highest BCUT2D eigenvalue weighted by molar-refractivity contribution is 5.18. The molecule has 0 fully saturated rings. The molecular weight excluding hydrogens is 201 g/mol. The zero-order valence-electron chi connectivity index (χ0n) is 10.0. The summed E-state index contributed by atoms with van der Waals surface area (Å²) in [7, 11) is 0. The van der Waals surface area contributed by atoms with Gasteiger partial charge in [-0.25, -0.2) is 4.39 Å². The Kier molecular flexibility index (Phi) is 5.20. The molecular formula is C14H20FN. The van der Waals surface area contributed by atoms with E-state index in [-0.39, 0.29) is 11.9 Å². The van der Waals surface area contributed by atoms with Crippen LogP contribution >= 0.6 is 0 Å². The Balaban J connectivity index is 2.48. The standard InChI is InChI=1S/C14H20FN/c1-4-7-11(2)16-12(3)10-13-8-5-6-9-14(13)15/h4-6,8-9,11-12,16H,1,7,10H2,2-3H3. The Morgan fingerprint density at radius 1 is 1.31 bits per heavy atom.